The second kappa shape index (κ2) is 11.1. The number of nitrogens with one attached hydrogen (secondary N) is 2. The van der Waals surface area contributed by atoms with Crippen molar-refractivity contribution in [3.05, 3.63) is 35.9 Å². The molecule has 26 heavy (non-hydrogen) atoms. The lowest BCUT2D eigenvalue weighted by atomic mass is 10.1. The lowest BCUT2D eigenvalue weighted by molar-refractivity contribution is -0.155. The van der Waals surface area contributed by atoms with Crippen LogP contribution < -0.4 is 10.9 Å². The quantitative estimate of drug-likeness (QED) is 0.304. The molecule has 1 saturated heterocycles. The molecule has 0 radical (unpaired) electrons. The lowest BCUT2D eigenvalue weighted by Crippen LogP contribution is -2.46. The van der Waals surface area contributed by atoms with E-state index in [-0.39, 0.29) is 0 Å². The van der Waals surface area contributed by atoms with E-state index in [0.29, 0.717) is 17.2 Å². The van der Waals surface area contributed by atoms with Gasteiger partial charge in [-0.05, 0) is 38.3 Å². The number of carbonyl (C=O) groups is 3. The predicted octanol–water partition coefficient (Wildman–Crippen LogP) is 3.09. The van der Waals surface area contributed by atoms with Crippen molar-refractivity contribution in [2.24, 2.45) is 0 Å². The van der Waals surface area contributed by atoms with Crippen LogP contribution in [0.25, 0.3) is 0 Å². The van der Waals surface area contributed by atoms with E-state index in [9.17, 15) is 14.4 Å². The normalized spacial score (nSPS) is 17.3. The lowest BCUT2D eigenvalue weighted by Gasteiger charge is -2.14. The van der Waals surface area contributed by atoms with E-state index >= 15 is 0 Å². The molecule has 0 bridgehead atoms. The van der Waals surface area contributed by atoms with Crippen LogP contribution in [0.5, 0.6) is 0 Å². The largest absolute Gasteiger partial charge is 0.452 e. The van der Waals surface area contributed by atoms with Crippen LogP contribution >= 0.6 is 21.6 Å². The Bertz CT molecular complexity index is 606. The summed E-state index contributed by atoms with van der Waals surface area (Å²) in [6, 6.07) is 8.51. The Morgan fingerprint density at radius 3 is 2.65 bits per heavy atom. The molecule has 0 aliphatic carbocycles. The van der Waals surface area contributed by atoms with Gasteiger partial charge in [0.2, 0.25) is 0 Å². The SMILES string of the molecule is C[C@H](OC(=O)CCCC[C@H]1CCSS1)C(=O)NNC(=O)c1ccccc1. The van der Waals surface area contributed by atoms with Gasteiger partial charge >= 0.3 is 5.97 Å². The van der Waals surface area contributed by atoms with Gasteiger partial charge in [-0.25, -0.2) is 0 Å². The van der Waals surface area contributed by atoms with Gasteiger partial charge in [-0.3, -0.25) is 25.2 Å². The third kappa shape index (κ3) is 7.29. The summed E-state index contributed by atoms with van der Waals surface area (Å²) in [4.78, 5) is 35.6. The molecule has 8 heteroatoms. The highest BCUT2D eigenvalue weighted by Crippen LogP contribution is 2.39. The van der Waals surface area contributed by atoms with Gasteiger partial charge in [0, 0.05) is 23.0 Å². The zero-order valence-corrected chi connectivity index (χ0v) is 16.4. The van der Waals surface area contributed by atoms with Crippen molar-refractivity contribution in [3.8, 4) is 0 Å². The number of amides is 2. The Balaban J connectivity index is 1.59. The Morgan fingerprint density at radius 1 is 1.19 bits per heavy atom. The van der Waals surface area contributed by atoms with E-state index in [4.69, 9.17) is 4.74 Å². The van der Waals surface area contributed by atoms with Crippen LogP contribution in [0.4, 0.5) is 0 Å². The Labute approximate surface area is 161 Å². The zero-order chi connectivity index (χ0) is 18.8. The minimum absolute atomic E-state index is 0.304. The summed E-state index contributed by atoms with van der Waals surface area (Å²) < 4.78 is 5.11. The summed E-state index contributed by atoms with van der Waals surface area (Å²) in [5.74, 6) is -0.178. The standard InChI is InChI=1S/C18H24N2O4S2/c1-13(17(22)19-20-18(23)14-7-3-2-4-8-14)24-16(21)10-6-5-9-15-11-12-25-26-15/h2-4,7-8,13,15H,5-6,9-12H2,1H3,(H,19,22)(H,20,23)/t13-,15-/m0/s1. The van der Waals surface area contributed by atoms with E-state index in [2.05, 4.69) is 10.9 Å². The van der Waals surface area contributed by atoms with E-state index in [0.717, 1.165) is 19.3 Å². The molecular formula is C18H24N2O4S2. The summed E-state index contributed by atoms with van der Waals surface area (Å²) in [5, 5.41) is 0.703. The maximum absolute atomic E-state index is 11.9. The Hall–Kier alpha value is -1.67. The Morgan fingerprint density at radius 2 is 1.96 bits per heavy atom. The number of benzene rings is 1. The van der Waals surface area contributed by atoms with Crippen molar-refractivity contribution in [2.45, 2.75) is 50.4 Å². The van der Waals surface area contributed by atoms with Crippen molar-refractivity contribution in [1.82, 2.24) is 10.9 Å². The van der Waals surface area contributed by atoms with Crippen molar-refractivity contribution < 1.29 is 19.1 Å². The van der Waals surface area contributed by atoms with Crippen molar-refractivity contribution in [2.75, 3.05) is 5.75 Å². The number of rotatable bonds is 8. The molecule has 1 heterocycles. The second-order valence-corrected chi connectivity index (χ2v) is 8.80. The first-order valence-corrected chi connectivity index (χ1v) is 11.1. The summed E-state index contributed by atoms with van der Waals surface area (Å²) in [7, 11) is 3.85. The van der Waals surface area contributed by atoms with Crippen LogP contribution in [0.3, 0.4) is 0 Å². The van der Waals surface area contributed by atoms with Crippen LogP contribution in [-0.2, 0) is 14.3 Å². The molecule has 142 valence electrons. The fourth-order valence-electron chi connectivity index (χ4n) is 2.40. The van der Waals surface area contributed by atoms with E-state index in [1.54, 1.807) is 30.3 Å². The van der Waals surface area contributed by atoms with Crippen molar-refractivity contribution in [3.63, 3.8) is 0 Å². The third-order valence-electron chi connectivity index (χ3n) is 3.90. The molecular weight excluding hydrogens is 372 g/mol. The molecule has 1 aliphatic rings. The number of carbonyl (C=O) groups excluding carboxylic acids is 3. The van der Waals surface area contributed by atoms with Gasteiger partial charge in [0.1, 0.15) is 0 Å². The van der Waals surface area contributed by atoms with Crippen LogP contribution in [0.15, 0.2) is 30.3 Å². The van der Waals surface area contributed by atoms with Gasteiger partial charge in [0.15, 0.2) is 6.10 Å². The van der Waals surface area contributed by atoms with Gasteiger partial charge in [-0.2, -0.15) is 0 Å². The van der Waals surface area contributed by atoms with Crippen LogP contribution in [0.2, 0.25) is 0 Å². The molecule has 1 aliphatic heterocycles. The molecule has 2 N–H and O–H groups in total. The number of ether oxygens (including phenoxy) is 1. The molecule has 0 unspecified atom stereocenters. The summed E-state index contributed by atoms with van der Waals surface area (Å²) in [5.41, 5.74) is 5.00. The van der Waals surface area contributed by atoms with E-state index < -0.39 is 23.9 Å². The highest BCUT2D eigenvalue weighted by Gasteiger charge is 2.19. The van der Waals surface area contributed by atoms with Gasteiger partial charge in [-0.15, -0.1) is 0 Å². The monoisotopic (exact) mass is 396 g/mol. The molecule has 2 rings (SSSR count). The van der Waals surface area contributed by atoms with Crippen LogP contribution in [0, 0.1) is 0 Å². The number of hydrazine groups is 1. The minimum atomic E-state index is -0.958. The van der Waals surface area contributed by atoms with Crippen molar-refractivity contribution in [1.29, 1.82) is 0 Å². The van der Waals surface area contributed by atoms with Gasteiger partial charge < -0.3 is 4.74 Å². The molecule has 2 amide bonds. The smallest absolute Gasteiger partial charge is 0.306 e. The average molecular weight is 397 g/mol. The zero-order valence-electron chi connectivity index (χ0n) is 14.7. The average Bonchev–Trinajstić information content (AvgIpc) is 3.17. The molecule has 6 nitrogen and oxygen atoms in total. The first-order chi connectivity index (χ1) is 12.6. The first kappa shape index (κ1) is 20.6. The highest BCUT2D eigenvalue weighted by molar-refractivity contribution is 8.77. The molecule has 2 atom stereocenters. The maximum Gasteiger partial charge on any atom is 0.306 e. The second-order valence-electron chi connectivity index (χ2n) is 6.02. The van der Waals surface area contributed by atoms with Gasteiger partial charge in [0.25, 0.3) is 11.8 Å². The molecule has 1 aromatic rings. The summed E-state index contributed by atoms with van der Waals surface area (Å²) in [6.07, 6.45) is 3.46. The number of esters is 1. The van der Waals surface area contributed by atoms with Crippen LogP contribution in [-0.4, -0.2) is 34.9 Å². The molecule has 0 saturated carbocycles. The Kier molecular flexibility index (Phi) is 8.84. The third-order valence-corrected chi connectivity index (χ3v) is 6.90. The minimum Gasteiger partial charge on any atom is -0.452 e. The molecule has 1 fully saturated rings. The first-order valence-electron chi connectivity index (χ1n) is 8.69. The molecule has 0 spiro atoms. The molecule has 1 aromatic carbocycles. The topological polar surface area (TPSA) is 84.5 Å². The highest BCUT2D eigenvalue weighted by atomic mass is 33.1. The number of hydrogen-bond donors (Lipinski definition) is 2. The number of hydrogen-bond acceptors (Lipinski definition) is 6. The van der Waals surface area contributed by atoms with Gasteiger partial charge in [0.05, 0.1) is 0 Å². The predicted molar refractivity (Wildman–Crippen MR) is 105 cm³/mol. The molecule has 0 aromatic heterocycles. The van der Waals surface area contributed by atoms with E-state index in [1.807, 2.05) is 21.6 Å². The summed E-state index contributed by atoms with van der Waals surface area (Å²) in [6.45, 7) is 1.48. The van der Waals surface area contributed by atoms with Gasteiger partial charge in [-0.1, -0.05) is 46.2 Å². The van der Waals surface area contributed by atoms with E-state index in [1.165, 1.54) is 19.1 Å². The van der Waals surface area contributed by atoms with Crippen LogP contribution in [0.1, 0.15) is 49.4 Å². The fourth-order valence-corrected chi connectivity index (χ4v) is 5.42. The van der Waals surface area contributed by atoms with Crippen molar-refractivity contribution >= 4 is 39.4 Å². The summed E-state index contributed by atoms with van der Waals surface area (Å²) >= 11 is 0. The number of unbranched alkanes of at least 4 members (excludes halogenated alkanes) is 1. The fraction of sp³-hybridized carbons (Fsp3) is 0.500. The maximum atomic E-state index is 11.9.